The van der Waals surface area contributed by atoms with E-state index in [1.807, 2.05) is 18.2 Å². The molecule has 7 heteroatoms. The number of carbonyl (C=O) groups excluding carboxylic acids is 1. The maximum atomic E-state index is 13.9. The van der Waals surface area contributed by atoms with Crippen LogP contribution in [0.15, 0.2) is 54.6 Å². The summed E-state index contributed by atoms with van der Waals surface area (Å²) in [4.78, 5) is 12.9. The van der Waals surface area contributed by atoms with Crippen LogP contribution in [0.5, 0.6) is 0 Å². The van der Waals surface area contributed by atoms with E-state index in [4.69, 9.17) is 0 Å². The number of hydrogen-bond donors (Lipinski definition) is 3. The third-order valence-electron chi connectivity index (χ3n) is 5.68. The minimum absolute atomic E-state index is 0.0202. The Labute approximate surface area is 184 Å². The number of hydrogen-bond acceptors (Lipinski definition) is 3. The molecule has 1 aliphatic heterocycles. The van der Waals surface area contributed by atoms with E-state index >= 15 is 0 Å². The summed E-state index contributed by atoms with van der Waals surface area (Å²) in [5.41, 5.74) is 3.69. The Balaban J connectivity index is 1.56. The molecule has 1 aliphatic rings. The van der Waals surface area contributed by atoms with Gasteiger partial charge in [0.2, 0.25) is 0 Å². The smallest absolute Gasteiger partial charge is 0.257 e. The van der Waals surface area contributed by atoms with E-state index in [0.29, 0.717) is 12.2 Å². The Hall–Kier alpha value is -3.32. The average Bonchev–Trinajstić information content (AvgIpc) is 2.75. The van der Waals surface area contributed by atoms with Crippen LogP contribution >= 0.6 is 0 Å². The van der Waals surface area contributed by atoms with Gasteiger partial charge >= 0.3 is 0 Å². The van der Waals surface area contributed by atoms with Gasteiger partial charge in [-0.2, -0.15) is 0 Å². The molecule has 3 aromatic rings. The summed E-state index contributed by atoms with van der Waals surface area (Å²) in [5, 5.41) is 9.09. The van der Waals surface area contributed by atoms with Gasteiger partial charge in [0.15, 0.2) is 11.6 Å². The lowest BCUT2D eigenvalue weighted by Gasteiger charge is -2.33. The zero-order valence-corrected chi connectivity index (χ0v) is 17.9. The molecule has 0 unspecified atom stereocenters. The van der Waals surface area contributed by atoms with Crippen LogP contribution in [0.4, 0.5) is 24.5 Å². The fraction of sp³-hybridized carbons (Fsp3) is 0.240. The second-order valence-electron chi connectivity index (χ2n) is 8.61. The van der Waals surface area contributed by atoms with Gasteiger partial charge in [0, 0.05) is 36.8 Å². The van der Waals surface area contributed by atoms with Crippen LogP contribution in [-0.4, -0.2) is 12.5 Å². The minimum Gasteiger partial charge on any atom is -0.380 e. The molecule has 3 N–H and O–H groups in total. The summed E-state index contributed by atoms with van der Waals surface area (Å²) >= 11 is 0. The van der Waals surface area contributed by atoms with Crippen molar-refractivity contribution in [3.8, 4) is 0 Å². The molecule has 3 aromatic carbocycles. The highest BCUT2D eigenvalue weighted by Crippen LogP contribution is 2.31. The van der Waals surface area contributed by atoms with E-state index in [2.05, 4.69) is 29.8 Å². The van der Waals surface area contributed by atoms with Crippen molar-refractivity contribution in [3.63, 3.8) is 0 Å². The first-order valence-electron chi connectivity index (χ1n) is 10.4. The molecular weight excluding hydrogens is 415 g/mol. The highest BCUT2D eigenvalue weighted by Gasteiger charge is 2.27. The first kappa shape index (κ1) is 21.9. The molecule has 0 bridgehead atoms. The van der Waals surface area contributed by atoms with Crippen LogP contribution in [0, 0.1) is 17.5 Å². The number of carbonyl (C=O) groups is 1. The van der Waals surface area contributed by atoms with E-state index in [1.54, 1.807) is 12.1 Å². The van der Waals surface area contributed by atoms with Gasteiger partial charge in [-0.15, -0.1) is 0 Å². The lowest BCUT2D eigenvalue weighted by Crippen LogP contribution is -2.38. The number of fused-ring (bicyclic) bond motifs is 1. The second-order valence-corrected chi connectivity index (χ2v) is 8.61. The number of rotatable bonds is 5. The Kier molecular flexibility index (Phi) is 5.93. The van der Waals surface area contributed by atoms with Gasteiger partial charge in [0.1, 0.15) is 5.82 Å². The fourth-order valence-electron chi connectivity index (χ4n) is 3.96. The molecule has 0 saturated carbocycles. The predicted molar refractivity (Wildman–Crippen MR) is 119 cm³/mol. The van der Waals surface area contributed by atoms with Crippen LogP contribution in [0.2, 0.25) is 0 Å². The quantitative estimate of drug-likeness (QED) is 0.502. The average molecular weight is 439 g/mol. The van der Waals surface area contributed by atoms with Crippen LogP contribution < -0.4 is 16.0 Å². The molecule has 4 nitrogen and oxygen atoms in total. The van der Waals surface area contributed by atoms with Crippen molar-refractivity contribution in [1.29, 1.82) is 0 Å². The molecule has 0 aromatic heterocycles. The number of anilines is 2. The van der Waals surface area contributed by atoms with Crippen LogP contribution in [0.1, 0.15) is 40.9 Å². The molecule has 1 heterocycles. The SMILES string of the molecule is CC1(C)CNCc2cc(NC(=O)c3cc(F)c(F)cc3NCc3ccc(F)cc3)ccc21. The van der Waals surface area contributed by atoms with Crippen molar-refractivity contribution >= 4 is 17.3 Å². The number of nitrogens with one attached hydrogen (secondary N) is 3. The number of benzene rings is 3. The van der Waals surface area contributed by atoms with E-state index in [9.17, 15) is 18.0 Å². The van der Waals surface area contributed by atoms with E-state index in [1.165, 1.54) is 17.7 Å². The van der Waals surface area contributed by atoms with Crippen LogP contribution in [0.3, 0.4) is 0 Å². The van der Waals surface area contributed by atoms with Gasteiger partial charge in [-0.3, -0.25) is 4.79 Å². The van der Waals surface area contributed by atoms with Crippen molar-refractivity contribution in [2.24, 2.45) is 0 Å². The summed E-state index contributed by atoms with van der Waals surface area (Å²) < 4.78 is 40.9. The maximum absolute atomic E-state index is 13.9. The van der Waals surface area contributed by atoms with Crippen molar-refractivity contribution in [2.45, 2.75) is 32.4 Å². The molecule has 1 amide bonds. The molecule has 4 rings (SSSR count). The van der Waals surface area contributed by atoms with Crippen molar-refractivity contribution in [1.82, 2.24) is 5.32 Å². The fourth-order valence-corrected chi connectivity index (χ4v) is 3.96. The molecule has 0 fully saturated rings. The molecule has 0 atom stereocenters. The highest BCUT2D eigenvalue weighted by molar-refractivity contribution is 6.08. The summed E-state index contributed by atoms with van der Waals surface area (Å²) in [6.45, 7) is 6.07. The van der Waals surface area contributed by atoms with Crippen molar-refractivity contribution in [2.75, 3.05) is 17.2 Å². The monoisotopic (exact) mass is 439 g/mol. The van der Waals surface area contributed by atoms with E-state index < -0.39 is 17.5 Å². The van der Waals surface area contributed by atoms with Crippen molar-refractivity contribution in [3.05, 3.63) is 94.3 Å². The molecule has 0 spiro atoms. The Morgan fingerprint density at radius 2 is 1.72 bits per heavy atom. The first-order chi connectivity index (χ1) is 15.2. The zero-order valence-electron chi connectivity index (χ0n) is 17.9. The summed E-state index contributed by atoms with van der Waals surface area (Å²) in [6.07, 6.45) is 0. The van der Waals surface area contributed by atoms with Gasteiger partial charge in [0.25, 0.3) is 5.91 Å². The zero-order chi connectivity index (χ0) is 22.9. The highest BCUT2D eigenvalue weighted by atomic mass is 19.2. The standard InChI is InChI=1S/C25H24F3N3O/c1-25(2)14-29-13-16-9-18(7-8-20(16)25)31-24(32)19-10-21(27)22(28)11-23(19)30-12-15-3-5-17(26)6-4-15/h3-11,29-30H,12-14H2,1-2H3,(H,31,32). The van der Waals surface area contributed by atoms with Gasteiger partial charge in [-0.1, -0.05) is 32.0 Å². The molecule has 0 aliphatic carbocycles. The van der Waals surface area contributed by atoms with Gasteiger partial charge in [-0.25, -0.2) is 13.2 Å². The maximum Gasteiger partial charge on any atom is 0.257 e. The molecular formula is C25H24F3N3O. The largest absolute Gasteiger partial charge is 0.380 e. The lowest BCUT2D eigenvalue weighted by molar-refractivity contribution is 0.102. The van der Waals surface area contributed by atoms with Crippen LogP contribution in [0.25, 0.3) is 0 Å². The Morgan fingerprint density at radius 3 is 2.47 bits per heavy atom. The van der Waals surface area contributed by atoms with Gasteiger partial charge in [0.05, 0.1) is 11.3 Å². The van der Waals surface area contributed by atoms with Gasteiger partial charge < -0.3 is 16.0 Å². The third-order valence-corrected chi connectivity index (χ3v) is 5.68. The number of amides is 1. The molecule has 0 saturated heterocycles. The Bertz CT molecular complexity index is 1160. The summed E-state index contributed by atoms with van der Waals surface area (Å²) in [7, 11) is 0. The summed E-state index contributed by atoms with van der Waals surface area (Å²) in [6, 6.07) is 13.3. The van der Waals surface area contributed by atoms with E-state index in [0.717, 1.165) is 29.8 Å². The Morgan fingerprint density at radius 1 is 1.00 bits per heavy atom. The first-order valence-corrected chi connectivity index (χ1v) is 10.4. The topological polar surface area (TPSA) is 53.2 Å². The third kappa shape index (κ3) is 4.62. The minimum atomic E-state index is -1.11. The normalized spacial score (nSPS) is 14.5. The lowest BCUT2D eigenvalue weighted by atomic mass is 9.79. The van der Waals surface area contributed by atoms with Crippen molar-refractivity contribution < 1.29 is 18.0 Å². The second kappa shape index (κ2) is 8.67. The number of halogens is 3. The van der Waals surface area contributed by atoms with E-state index in [-0.39, 0.29) is 29.0 Å². The molecule has 0 radical (unpaired) electrons. The van der Waals surface area contributed by atoms with Crippen LogP contribution in [-0.2, 0) is 18.5 Å². The molecule has 166 valence electrons. The summed E-state index contributed by atoms with van der Waals surface area (Å²) in [5.74, 6) is -3.11. The molecule has 32 heavy (non-hydrogen) atoms. The predicted octanol–water partition coefficient (Wildman–Crippen LogP) is 5.35. The van der Waals surface area contributed by atoms with Gasteiger partial charge in [-0.05, 0) is 47.0 Å².